The van der Waals surface area contributed by atoms with Crippen molar-refractivity contribution in [1.29, 1.82) is 5.26 Å². The summed E-state index contributed by atoms with van der Waals surface area (Å²) >= 11 is 0. The van der Waals surface area contributed by atoms with Gasteiger partial charge >= 0.3 is 5.97 Å². The molecule has 34 heavy (non-hydrogen) atoms. The number of pyridine rings is 1. The highest BCUT2D eigenvalue weighted by Gasteiger charge is 2.35. The standard InChI is InChI=1S/C27H25N3O4/c28-17-27(12-3-4-13-27)30-23(31)16-34-26(32)24-20-9-1-2-11-22(20)29-25-18(7-5-10-21(24)25)15-19-8-6-14-33-19/h1-2,6,8-9,11,14-15H,3-5,7,10,12-13,16H2,(H,30,31)/b18-15+. The molecule has 1 fully saturated rings. The summed E-state index contributed by atoms with van der Waals surface area (Å²) in [5.41, 5.74) is 2.90. The Morgan fingerprint density at radius 1 is 1.15 bits per heavy atom. The van der Waals surface area contributed by atoms with E-state index in [4.69, 9.17) is 14.1 Å². The molecular formula is C27H25N3O4. The Kier molecular flexibility index (Phi) is 5.89. The van der Waals surface area contributed by atoms with E-state index in [1.807, 2.05) is 42.5 Å². The van der Waals surface area contributed by atoms with Crippen molar-refractivity contribution in [1.82, 2.24) is 10.3 Å². The quantitative estimate of drug-likeness (QED) is 0.553. The van der Waals surface area contributed by atoms with E-state index in [2.05, 4.69) is 11.4 Å². The number of fused-ring (bicyclic) bond motifs is 2. The average Bonchev–Trinajstić information content (AvgIpc) is 3.54. The van der Waals surface area contributed by atoms with Crippen molar-refractivity contribution < 1.29 is 18.7 Å². The second-order valence-corrected chi connectivity index (χ2v) is 8.89. The van der Waals surface area contributed by atoms with Gasteiger partial charge in [-0.1, -0.05) is 18.2 Å². The molecule has 0 spiro atoms. The molecule has 7 heteroatoms. The lowest BCUT2D eigenvalue weighted by atomic mass is 9.86. The number of furan rings is 1. The highest BCUT2D eigenvalue weighted by molar-refractivity contribution is 6.07. The third-order valence-electron chi connectivity index (χ3n) is 6.62. The van der Waals surface area contributed by atoms with E-state index in [0.717, 1.165) is 48.3 Å². The average molecular weight is 456 g/mol. The Morgan fingerprint density at radius 2 is 1.97 bits per heavy atom. The smallest absolute Gasteiger partial charge is 0.339 e. The number of aromatic nitrogens is 1. The molecule has 7 nitrogen and oxygen atoms in total. The zero-order chi connectivity index (χ0) is 23.5. The largest absolute Gasteiger partial charge is 0.465 e. The highest BCUT2D eigenvalue weighted by Crippen LogP contribution is 2.36. The Bertz CT molecular complexity index is 1310. The predicted molar refractivity (Wildman–Crippen MR) is 126 cm³/mol. The third kappa shape index (κ3) is 4.19. The van der Waals surface area contributed by atoms with E-state index >= 15 is 0 Å². The fraction of sp³-hybridized carbons (Fsp3) is 0.333. The number of nitrogens with one attached hydrogen (secondary N) is 1. The first-order valence-corrected chi connectivity index (χ1v) is 11.6. The Hall–Kier alpha value is -3.92. The summed E-state index contributed by atoms with van der Waals surface area (Å²) in [7, 11) is 0. The van der Waals surface area contributed by atoms with Crippen LogP contribution in [0.5, 0.6) is 0 Å². The molecule has 5 rings (SSSR count). The number of esters is 1. The van der Waals surface area contributed by atoms with Gasteiger partial charge < -0.3 is 14.5 Å². The van der Waals surface area contributed by atoms with Crippen molar-refractivity contribution in [3.63, 3.8) is 0 Å². The summed E-state index contributed by atoms with van der Waals surface area (Å²) in [5.74, 6) is -0.277. The normalized spacial score (nSPS) is 17.8. The molecule has 1 N–H and O–H groups in total. The van der Waals surface area contributed by atoms with E-state index < -0.39 is 24.0 Å². The zero-order valence-electron chi connectivity index (χ0n) is 18.8. The molecule has 172 valence electrons. The number of carbonyl (C=O) groups excluding carboxylic acids is 2. The lowest BCUT2D eigenvalue weighted by Gasteiger charge is -2.23. The van der Waals surface area contributed by atoms with Crippen LogP contribution in [0.1, 0.15) is 65.9 Å². The van der Waals surface area contributed by atoms with Gasteiger partial charge in [0, 0.05) is 5.39 Å². The molecule has 1 saturated carbocycles. The first-order valence-electron chi connectivity index (χ1n) is 11.6. The van der Waals surface area contributed by atoms with Crippen molar-refractivity contribution in [2.75, 3.05) is 6.61 Å². The van der Waals surface area contributed by atoms with Crippen molar-refractivity contribution in [2.24, 2.45) is 0 Å². The van der Waals surface area contributed by atoms with Crippen molar-refractivity contribution in [3.8, 4) is 6.07 Å². The number of nitriles is 1. The summed E-state index contributed by atoms with van der Waals surface area (Å²) in [6, 6.07) is 13.4. The molecule has 2 aromatic heterocycles. The fourth-order valence-corrected chi connectivity index (χ4v) is 5.00. The minimum absolute atomic E-state index is 0.428. The summed E-state index contributed by atoms with van der Waals surface area (Å²) < 4.78 is 11.0. The van der Waals surface area contributed by atoms with Gasteiger partial charge in [0.1, 0.15) is 11.3 Å². The molecular weight excluding hydrogens is 430 g/mol. The minimum atomic E-state index is -0.850. The first-order chi connectivity index (χ1) is 16.6. The van der Waals surface area contributed by atoms with Crippen LogP contribution >= 0.6 is 0 Å². The lowest BCUT2D eigenvalue weighted by Crippen LogP contribution is -2.46. The molecule has 0 aliphatic heterocycles. The maximum absolute atomic E-state index is 13.3. The van der Waals surface area contributed by atoms with E-state index in [9.17, 15) is 14.9 Å². The highest BCUT2D eigenvalue weighted by atomic mass is 16.5. The Labute approximate surface area is 197 Å². The van der Waals surface area contributed by atoms with Crippen LogP contribution in [0.25, 0.3) is 22.6 Å². The van der Waals surface area contributed by atoms with Crippen molar-refractivity contribution in [2.45, 2.75) is 50.5 Å². The fourth-order valence-electron chi connectivity index (χ4n) is 5.00. The van der Waals surface area contributed by atoms with Crippen LogP contribution in [-0.4, -0.2) is 29.0 Å². The summed E-state index contributed by atoms with van der Waals surface area (Å²) in [6.45, 7) is -0.428. The van der Waals surface area contributed by atoms with Gasteiger partial charge in [-0.25, -0.2) is 9.78 Å². The van der Waals surface area contributed by atoms with E-state index in [1.165, 1.54) is 0 Å². The molecule has 0 bridgehead atoms. The number of carbonyl (C=O) groups is 2. The van der Waals surface area contributed by atoms with E-state index in [0.29, 0.717) is 35.7 Å². The van der Waals surface area contributed by atoms with Crippen LogP contribution < -0.4 is 5.32 Å². The van der Waals surface area contributed by atoms with Gasteiger partial charge in [0.15, 0.2) is 6.61 Å². The topological polar surface area (TPSA) is 105 Å². The molecule has 0 atom stereocenters. The number of nitrogens with zero attached hydrogens (tertiary/aromatic N) is 2. The van der Waals surface area contributed by atoms with Gasteiger partial charge in [-0.05, 0) is 80.4 Å². The van der Waals surface area contributed by atoms with E-state index in [-0.39, 0.29) is 0 Å². The van der Waals surface area contributed by atoms with Crippen molar-refractivity contribution in [3.05, 3.63) is 65.2 Å². The maximum Gasteiger partial charge on any atom is 0.339 e. The van der Waals surface area contributed by atoms with Crippen LogP contribution in [0.4, 0.5) is 0 Å². The number of benzene rings is 1. The minimum Gasteiger partial charge on any atom is -0.465 e. The third-order valence-corrected chi connectivity index (χ3v) is 6.62. The number of amides is 1. The molecule has 2 aliphatic rings. The lowest BCUT2D eigenvalue weighted by molar-refractivity contribution is -0.125. The second-order valence-electron chi connectivity index (χ2n) is 8.89. The zero-order valence-corrected chi connectivity index (χ0v) is 18.8. The molecule has 0 saturated heterocycles. The molecule has 1 aromatic carbocycles. The molecule has 1 amide bonds. The SMILES string of the molecule is N#CC1(NC(=O)COC(=O)c2c3c(nc4ccccc24)/C(=C/c2ccco2)CCC3)CCCC1. The van der Waals surface area contributed by atoms with Crippen LogP contribution in [0.3, 0.4) is 0 Å². The van der Waals surface area contributed by atoms with Gasteiger partial charge in [-0.3, -0.25) is 4.79 Å². The number of hydrogen-bond acceptors (Lipinski definition) is 6. The van der Waals surface area contributed by atoms with Crippen molar-refractivity contribution >= 4 is 34.4 Å². The van der Waals surface area contributed by atoms with Crippen LogP contribution in [0, 0.1) is 11.3 Å². The Balaban J connectivity index is 1.45. The monoisotopic (exact) mass is 455 g/mol. The van der Waals surface area contributed by atoms with Crippen LogP contribution in [0.2, 0.25) is 0 Å². The molecule has 2 heterocycles. The number of ether oxygens (including phenoxy) is 1. The number of hydrogen-bond donors (Lipinski definition) is 1. The first kappa shape index (κ1) is 21.9. The number of rotatable bonds is 5. The summed E-state index contributed by atoms with van der Waals surface area (Å²) in [6.07, 6.45) is 9.01. The summed E-state index contributed by atoms with van der Waals surface area (Å²) in [4.78, 5) is 30.7. The molecule has 2 aliphatic carbocycles. The van der Waals surface area contributed by atoms with Gasteiger partial charge in [0.05, 0.1) is 29.1 Å². The number of allylic oxidation sites excluding steroid dienone is 1. The van der Waals surface area contributed by atoms with Crippen LogP contribution in [0.15, 0.2) is 47.1 Å². The second kappa shape index (κ2) is 9.14. The van der Waals surface area contributed by atoms with Crippen LogP contribution in [-0.2, 0) is 16.0 Å². The van der Waals surface area contributed by atoms with Gasteiger partial charge in [-0.2, -0.15) is 5.26 Å². The maximum atomic E-state index is 13.3. The van der Waals surface area contributed by atoms with Gasteiger partial charge in [-0.15, -0.1) is 0 Å². The number of para-hydroxylation sites is 1. The molecule has 0 radical (unpaired) electrons. The van der Waals surface area contributed by atoms with Gasteiger partial charge in [0.2, 0.25) is 0 Å². The van der Waals surface area contributed by atoms with E-state index in [1.54, 1.807) is 6.26 Å². The molecule has 0 unspecified atom stereocenters. The predicted octanol–water partition coefficient (Wildman–Crippen LogP) is 4.81. The summed E-state index contributed by atoms with van der Waals surface area (Å²) in [5, 5.41) is 13.0. The van der Waals surface area contributed by atoms with Gasteiger partial charge in [0.25, 0.3) is 5.91 Å². The Morgan fingerprint density at radius 3 is 2.74 bits per heavy atom. The molecule has 3 aromatic rings.